The minimum absolute atomic E-state index is 0.0552. The summed E-state index contributed by atoms with van der Waals surface area (Å²) in [5.74, 6) is 0.0552. The summed E-state index contributed by atoms with van der Waals surface area (Å²) in [6.07, 6.45) is -4.45. The van der Waals surface area contributed by atoms with Gasteiger partial charge in [0.15, 0.2) is 5.75 Å². The van der Waals surface area contributed by atoms with E-state index < -0.39 is 11.7 Å². The molecular formula is C8H7ClF3NO. The van der Waals surface area contributed by atoms with Crippen LogP contribution >= 0.6 is 11.6 Å². The Kier molecular flexibility index (Phi) is 2.80. The van der Waals surface area contributed by atoms with Crippen molar-refractivity contribution < 1.29 is 17.9 Å². The fourth-order valence-electron chi connectivity index (χ4n) is 0.994. The molecule has 0 aliphatic rings. The number of hydrogen-bond acceptors (Lipinski definition) is 2. The Morgan fingerprint density at radius 2 is 1.93 bits per heavy atom. The molecule has 0 aromatic heterocycles. The zero-order valence-electron chi connectivity index (χ0n) is 7.15. The largest absolute Gasteiger partial charge is 0.493 e. The highest BCUT2D eigenvalue weighted by atomic mass is 35.5. The Morgan fingerprint density at radius 3 is 2.29 bits per heavy atom. The molecule has 0 amide bonds. The van der Waals surface area contributed by atoms with Crippen molar-refractivity contribution in [3.63, 3.8) is 0 Å². The van der Waals surface area contributed by atoms with Crippen molar-refractivity contribution in [3.05, 3.63) is 22.7 Å². The highest BCUT2D eigenvalue weighted by Gasteiger charge is 2.31. The molecule has 6 heteroatoms. The van der Waals surface area contributed by atoms with Crippen LogP contribution in [0.25, 0.3) is 0 Å². The molecule has 0 bridgehead atoms. The summed E-state index contributed by atoms with van der Waals surface area (Å²) in [5.41, 5.74) is 4.30. The number of nitrogens with two attached hydrogens (primary N) is 1. The average molecular weight is 226 g/mol. The second-order valence-electron chi connectivity index (χ2n) is 2.58. The third-order valence-corrected chi connectivity index (χ3v) is 1.88. The van der Waals surface area contributed by atoms with Gasteiger partial charge in [-0.1, -0.05) is 11.6 Å². The molecule has 2 N–H and O–H groups in total. The Labute approximate surface area is 83.4 Å². The Balaban J connectivity index is 3.28. The highest BCUT2D eigenvalue weighted by molar-refractivity contribution is 6.32. The van der Waals surface area contributed by atoms with Crippen molar-refractivity contribution in [2.24, 2.45) is 0 Å². The van der Waals surface area contributed by atoms with Gasteiger partial charge in [0.25, 0.3) is 0 Å². The van der Waals surface area contributed by atoms with Crippen molar-refractivity contribution in [1.82, 2.24) is 0 Å². The zero-order valence-corrected chi connectivity index (χ0v) is 7.91. The number of nitrogen functional groups attached to an aromatic ring is 1. The molecule has 0 heterocycles. The van der Waals surface area contributed by atoms with Crippen LogP contribution in [0, 0.1) is 0 Å². The van der Waals surface area contributed by atoms with E-state index in [0.717, 1.165) is 12.1 Å². The van der Waals surface area contributed by atoms with Gasteiger partial charge in [0, 0.05) is 0 Å². The molecule has 0 aliphatic heterocycles. The maximum atomic E-state index is 12.2. The number of alkyl halides is 3. The van der Waals surface area contributed by atoms with Crippen molar-refractivity contribution in [3.8, 4) is 5.75 Å². The third-order valence-electron chi connectivity index (χ3n) is 1.60. The second-order valence-corrected chi connectivity index (χ2v) is 2.99. The van der Waals surface area contributed by atoms with Crippen molar-refractivity contribution in [2.45, 2.75) is 6.18 Å². The molecule has 0 radical (unpaired) electrons. The lowest BCUT2D eigenvalue weighted by atomic mass is 10.2. The normalized spacial score (nSPS) is 11.5. The predicted molar refractivity (Wildman–Crippen MR) is 47.4 cm³/mol. The maximum absolute atomic E-state index is 12.2. The molecule has 0 saturated carbocycles. The molecule has 78 valence electrons. The van der Waals surface area contributed by atoms with Crippen LogP contribution in [0.2, 0.25) is 5.02 Å². The maximum Gasteiger partial charge on any atom is 0.416 e. The van der Waals surface area contributed by atoms with Crippen molar-refractivity contribution in [2.75, 3.05) is 12.8 Å². The van der Waals surface area contributed by atoms with Gasteiger partial charge in [0.05, 0.1) is 23.4 Å². The van der Waals surface area contributed by atoms with Crippen molar-refractivity contribution >= 4 is 17.3 Å². The van der Waals surface area contributed by atoms with E-state index >= 15 is 0 Å². The van der Waals surface area contributed by atoms with Gasteiger partial charge >= 0.3 is 6.18 Å². The molecule has 1 aromatic carbocycles. The molecule has 0 atom stereocenters. The van der Waals surface area contributed by atoms with E-state index in [1.807, 2.05) is 0 Å². The lowest BCUT2D eigenvalue weighted by Crippen LogP contribution is -2.06. The van der Waals surface area contributed by atoms with E-state index in [2.05, 4.69) is 0 Å². The average Bonchev–Trinajstić information content (AvgIpc) is 2.01. The summed E-state index contributed by atoms with van der Waals surface area (Å²) in [6, 6.07) is 1.56. The smallest absolute Gasteiger partial charge is 0.416 e. The van der Waals surface area contributed by atoms with Gasteiger partial charge in [-0.2, -0.15) is 13.2 Å². The van der Waals surface area contributed by atoms with Crippen LogP contribution in [-0.4, -0.2) is 7.11 Å². The second kappa shape index (κ2) is 3.57. The molecular weight excluding hydrogens is 219 g/mol. The zero-order chi connectivity index (χ0) is 10.9. The highest BCUT2D eigenvalue weighted by Crippen LogP contribution is 2.38. The lowest BCUT2D eigenvalue weighted by Gasteiger charge is -2.11. The number of hydrogen-bond donors (Lipinski definition) is 1. The topological polar surface area (TPSA) is 35.2 Å². The van der Waals surface area contributed by atoms with Gasteiger partial charge in [0.2, 0.25) is 0 Å². The van der Waals surface area contributed by atoms with E-state index in [1.54, 1.807) is 0 Å². The Bertz CT molecular complexity index is 328. The van der Waals surface area contributed by atoms with Crippen LogP contribution in [0.15, 0.2) is 12.1 Å². The molecule has 0 spiro atoms. The van der Waals surface area contributed by atoms with E-state index in [1.165, 1.54) is 7.11 Å². The van der Waals surface area contributed by atoms with Crippen LogP contribution in [0.3, 0.4) is 0 Å². The number of ether oxygens (including phenoxy) is 1. The predicted octanol–water partition coefficient (Wildman–Crippen LogP) is 2.95. The number of rotatable bonds is 1. The van der Waals surface area contributed by atoms with Gasteiger partial charge in [-0.25, -0.2) is 0 Å². The molecule has 0 aliphatic carbocycles. The first kappa shape index (κ1) is 11.0. The number of benzene rings is 1. The lowest BCUT2D eigenvalue weighted by molar-refractivity contribution is -0.137. The molecule has 2 nitrogen and oxygen atoms in total. The van der Waals surface area contributed by atoms with Crippen LogP contribution in [0.4, 0.5) is 18.9 Å². The summed E-state index contributed by atoms with van der Waals surface area (Å²) in [6.45, 7) is 0. The minimum atomic E-state index is -4.45. The molecule has 14 heavy (non-hydrogen) atoms. The van der Waals surface area contributed by atoms with Gasteiger partial charge < -0.3 is 10.5 Å². The van der Waals surface area contributed by atoms with Crippen LogP contribution in [0.1, 0.15) is 5.56 Å². The summed E-state index contributed by atoms with van der Waals surface area (Å²) in [4.78, 5) is 0. The number of halogens is 4. The van der Waals surface area contributed by atoms with E-state index in [0.29, 0.717) is 0 Å². The van der Waals surface area contributed by atoms with E-state index in [-0.39, 0.29) is 16.5 Å². The summed E-state index contributed by atoms with van der Waals surface area (Å²) >= 11 is 5.54. The minimum Gasteiger partial charge on any atom is -0.493 e. The Hall–Kier alpha value is -1.10. The van der Waals surface area contributed by atoms with Gasteiger partial charge in [-0.3, -0.25) is 0 Å². The SMILES string of the molecule is COc1c(N)cc(C(F)(F)F)cc1Cl. The van der Waals surface area contributed by atoms with Crippen molar-refractivity contribution in [1.29, 1.82) is 0 Å². The molecule has 0 fully saturated rings. The van der Waals surface area contributed by atoms with Crippen LogP contribution in [0.5, 0.6) is 5.75 Å². The monoisotopic (exact) mass is 225 g/mol. The van der Waals surface area contributed by atoms with Crippen LogP contribution in [-0.2, 0) is 6.18 Å². The first-order valence-electron chi connectivity index (χ1n) is 3.56. The van der Waals surface area contributed by atoms with Gasteiger partial charge in [-0.05, 0) is 12.1 Å². The molecule has 0 unspecified atom stereocenters. The summed E-state index contributed by atoms with van der Waals surface area (Å²) < 4.78 is 41.4. The van der Waals surface area contributed by atoms with Gasteiger partial charge in [-0.15, -0.1) is 0 Å². The number of methoxy groups -OCH3 is 1. The summed E-state index contributed by atoms with van der Waals surface area (Å²) in [5, 5.41) is -0.153. The molecule has 1 aromatic rings. The first-order valence-corrected chi connectivity index (χ1v) is 3.94. The van der Waals surface area contributed by atoms with E-state index in [9.17, 15) is 13.2 Å². The Morgan fingerprint density at radius 1 is 1.36 bits per heavy atom. The molecule has 1 rings (SSSR count). The van der Waals surface area contributed by atoms with E-state index in [4.69, 9.17) is 22.1 Å². The number of anilines is 1. The quantitative estimate of drug-likeness (QED) is 0.746. The standard InChI is InChI=1S/C8H7ClF3NO/c1-14-7-5(9)2-4(3-6(7)13)8(10,11)12/h2-3H,13H2,1H3. The molecule has 0 saturated heterocycles. The fraction of sp³-hybridized carbons (Fsp3) is 0.250. The fourth-order valence-corrected chi connectivity index (χ4v) is 1.30. The van der Waals surface area contributed by atoms with Crippen LogP contribution < -0.4 is 10.5 Å². The third kappa shape index (κ3) is 2.04. The summed E-state index contributed by atoms with van der Waals surface area (Å²) in [7, 11) is 1.28. The first-order chi connectivity index (χ1) is 6.36. The van der Waals surface area contributed by atoms with Gasteiger partial charge in [0.1, 0.15) is 0 Å².